The van der Waals surface area contributed by atoms with Crippen LogP contribution in [-0.2, 0) is 43.1 Å². The van der Waals surface area contributed by atoms with Gasteiger partial charge in [-0.3, -0.25) is 28.8 Å². The minimum absolute atomic E-state index is 0.0471. The van der Waals surface area contributed by atoms with Crippen LogP contribution in [0.25, 0.3) is 0 Å². The van der Waals surface area contributed by atoms with Crippen LogP contribution in [-0.4, -0.2) is 99.8 Å². The van der Waals surface area contributed by atoms with Gasteiger partial charge in [0, 0.05) is 32.7 Å². The number of aliphatic carboxylic acids is 4. The first-order valence-corrected chi connectivity index (χ1v) is 11.8. The molecule has 224 valence electrons. The average molecular weight is 577 g/mol. The van der Waals surface area contributed by atoms with E-state index < -0.39 is 117 Å². The predicted octanol–water partition coefficient (Wildman–Crippen LogP) is -1.97. The zero-order valence-corrected chi connectivity index (χ0v) is 21.4. The molecule has 0 saturated heterocycles. The summed E-state index contributed by atoms with van der Waals surface area (Å²) in [7, 11) is 1.26. The minimum Gasteiger partial charge on any atom is -0.481 e. The molecule has 0 heterocycles. The molecule has 0 aromatic heterocycles. The lowest BCUT2D eigenvalue weighted by atomic mass is 9.95. The van der Waals surface area contributed by atoms with Gasteiger partial charge >= 0.3 is 29.9 Å². The number of ketones is 1. The van der Waals surface area contributed by atoms with Gasteiger partial charge < -0.3 is 46.4 Å². The molecule has 40 heavy (non-hydrogen) atoms. The first-order valence-electron chi connectivity index (χ1n) is 11.8. The molecule has 4 amide bonds. The van der Waals surface area contributed by atoms with Crippen molar-refractivity contribution in [1.82, 2.24) is 21.3 Å². The third-order valence-corrected chi connectivity index (χ3v) is 5.25. The van der Waals surface area contributed by atoms with Crippen LogP contribution < -0.4 is 21.3 Å². The molecule has 0 radical (unpaired) electrons. The molecule has 18 heteroatoms. The lowest BCUT2D eigenvalue weighted by Gasteiger charge is -2.20. The number of carbonyl (C=O) groups excluding carboxylic acids is 5. The standard InChI is InChI=1S/C22H32N4O14/c1-23-19(34)11(9-18(32)33)8-12(28)2-3-13(20(35)36)24-15(29)5-4-14(21(37)38)25-22(39)26-16(40-10-27)6-7-17(30)31/h10-11,13-14,16H,2-9H2,1H3,(H,23,34)(H,24,29)(H,30,31)(H,32,33)(H,35,36)(H,37,38)(H2,25,26,39)/t11-,13-,14-,16+/m0/s1. The monoisotopic (exact) mass is 576 g/mol. The molecular weight excluding hydrogens is 544 g/mol. The maximum absolute atomic E-state index is 12.2. The second kappa shape index (κ2) is 18.5. The van der Waals surface area contributed by atoms with Crippen LogP contribution >= 0.6 is 0 Å². The van der Waals surface area contributed by atoms with Crippen molar-refractivity contribution in [2.24, 2.45) is 5.92 Å². The van der Waals surface area contributed by atoms with Crippen LogP contribution in [0.2, 0.25) is 0 Å². The van der Waals surface area contributed by atoms with E-state index in [1.807, 2.05) is 5.32 Å². The van der Waals surface area contributed by atoms with Crippen molar-refractivity contribution in [3.05, 3.63) is 0 Å². The van der Waals surface area contributed by atoms with Gasteiger partial charge in [0.2, 0.25) is 11.8 Å². The van der Waals surface area contributed by atoms with E-state index in [0.717, 1.165) is 0 Å². The van der Waals surface area contributed by atoms with Gasteiger partial charge in [0.1, 0.15) is 17.9 Å². The Labute approximate surface area is 226 Å². The van der Waals surface area contributed by atoms with Crippen molar-refractivity contribution in [3.8, 4) is 0 Å². The van der Waals surface area contributed by atoms with E-state index in [4.69, 9.17) is 10.2 Å². The van der Waals surface area contributed by atoms with Crippen molar-refractivity contribution in [3.63, 3.8) is 0 Å². The van der Waals surface area contributed by atoms with Gasteiger partial charge in [-0.15, -0.1) is 0 Å². The average Bonchev–Trinajstić information content (AvgIpc) is 2.85. The first kappa shape index (κ1) is 35.2. The van der Waals surface area contributed by atoms with Crippen molar-refractivity contribution in [2.75, 3.05) is 7.05 Å². The summed E-state index contributed by atoms with van der Waals surface area (Å²) in [6.07, 6.45) is -5.12. The lowest BCUT2D eigenvalue weighted by Crippen LogP contribution is -2.50. The van der Waals surface area contributed by atoms with E-state index in [1.165, 1.54) is 7.05 Å². The Kier molecular flexibility index (Phi) is 16.3. The Morgan fingerprint density at radius 1 is 0.725 bits per heavy atom. The Balaban J connectivity index is 4.94. The number of rotatable bonds is 21. The minimum atomic E-state index is -1.65. The van der Waals surface area contributed by atoms with Crippen molar-refractivity contribution >= 4 is 54.0 Å². The molecule has 0 aromatic rings. The summed E-state index contributed by atoms with van der Waals surface area (Å²) in [5.41, 5.74) is 0. The largest absolute Gasteiger partial charge is 0.481 e. The van der Waals surface area contributed by atoms with E-state index in [1.54, 1.807) is 0 Å². The molecule has 0 spiro atoms. The van der Waals surface area contributed by atoms with Gasteiger partial charge in [-0.1, -0.05) is 0 Å². The lowest BCUT2D eigenvalue weighted by molar-refractivity contribution is -0.143. The van der Waals surface area contributed by atoms with Crippen LogP contribution in [0.3, 0.4) is 0 Å². The molecule has 0 saturated carbocycles. The maximum atomic E-state index is 12.2. The maximum Gasteiger partial charge on any atom is 0.326 e. The summed E-state index contributed by atoms with van der Waals surface area (Å²) >= 11 is 0. The Bertz CT molecular complexity index is 969. The summed E-state index contributed by atoms with van der Waals surface area (Å²) in [4.78, 5) is 103. The zero-order valence-electron chi connectivity index (χ0n) is 21.4. The van der Waals surface area contributed by atoms with E-state index in [0.29, 0.717) is 0 Å². The van der Waals surface area contributed by atoms with E-state index in [2.05, 4.69) is 20.7 Å². The zero-order chi connectivity index (χ0) is 30.8. The van der Waals surface area contributed by atoms with Gasteiger partial charge in [-0.25, -0.2) is 14.4 Å². The van der Waals surface area contributed by atoms with Gasteiger partial charge in [0.05, 0.1) is 18.8 Å². The number of hydrogen-bond acceptors (Lipinski definition) is 10. The summed E-state index contributed by atoms with van der Waals surface area (Å²) in [5, 5.41) is 44.6. The van der Waals surface area contributed by atoms with Crippen LogP contribution in [0.15, 0.2) is 0 Å². The van der Waals surface area contributed by atoms with Crippen molar-refractivity contribution < 1.29 is 68.3 Å². The summed E-state index contributed by atoms with van der Waals surface area (Å²) in [6, 6.07) is -4.36. The highest BCUT2D eigenvalue weighted by Gasteiger charge is 2.27. The molecule has 0 aliphatic heterocycles. The highest BCUT2D eigenvalue weighted by atomic mass is 16.5. The molecule has 0 bridgehead atoms. The van der Waals surface area contributed by atoms with Gasteiger partial charge in [-0.2, -0.15) is 0 Å². The fourth-order valence-electron chi connectivity index (χ4n) is 3.25. The highest BCUT2D eigenvalue weighted by molar-refractivity contribution is 5.90. The third kappa shape index (κ3) is 15.5. The van der Waals surface area contributed by atoms with Gasteiger partial charge in [0.15, 0.2) is 6.23 Å². The van der Waals surface area contributed by atoms with Gasteiger partial charge in [-0.05, 0) is 12.8 Å². The number of amides is 4. The molecule has 4 atom stereocenters. The fourth-order valence-corrected chi connectivity index (χ4v) is 3.25. The summed E-state index contributed by atoms with van der Waals surface area (Å²) in [6.45, 7) is -0.0471. The number of urea groups is 1. The number of Topliss-reactive ketones (excluding diaryl/α,β-unsaturated/α-hetero) is 1. The Morgan fingerprint density at radius 3 is 1.80 bits per heavy atom. The van der Waals surface area contributed by atoms with Crippen molar-refractivity contribution in [1.29, 1.82) is 0 Å². The van der Waals surface area contributed by atoms with Crippen LogP contribution in [0.1, 0.15) is 51.4 Å². The van der Waals surface area contributed by atoms with Gasteiger partial charge in [0.25, 0.3) is 6.47 Å². The van der Waals surface area contributed by atoms with Crippen LogP contribution in [0.4, 0.5) is 4.79 Å². The Hall–Kier alpha value is -4.77. The predicted molar refractivity (Wildman–Crippen MR) is 128 cm³/mol. The fraction of sp³-hybridized carbons (Fsp3) is 0.591. The number of carboxylic acid groups (broad SMARTS) is 4. The number of carbonyl (C=O) groups is 9. The number of ether oxygens (including phenoxy) is 1. The Morgan fingerprint density at radius 2 is 1.30 bits per heavy atom. The number of nitrogens with one attached hydrogen (secondary N) is 4. The highest BCUT2D eigenvalue weighted by Crippen LogP contribution is 2.13. The summed E-state index contributed by atoms with van der Waals surface area (Å²) in [5.74, 6) is -9.01. The molecule has 0 aromatic carbocycles. The molecule has 0 unspecified atom stereocenters. The topological polar surface area (TPSA) is 292 Å². The van der Waals surface area contributed by atoms with E-state index in [9.17, 15) is 53.4 Å². The molecule has 0 rings (SSSR count). The third-order valence-electron chi connectivity index (χ3n) is 5.25. The second-order valence-corrected chi connectivity index (χ2v) is 8.35. The van der Waals surface area contributed by atoms with E-state index in [-0.39, 0.29) is 12.9 Å². The van der Waals surface area contributed by atoms with Crippen LogP contribution in [0.5, 0.6) is 0 Å². The summed E-state index contributed by atoms with van der Waals surface area (Å²) < 4.78 is 4.51. The number of carboxylic acids is 4. The SMILES string of the molecule is CNC(=O)[C@H](CC(=O)O)CC(=O)CC[C@H](NC(=O)CC[C@H](NC(=O)N[C@@H](CCC(=O)O)OC=O)C(=O)O)C(=O)O. The van der Waals surface area contributed by atoms with E-state index >= 15 is 0 Å². The second-order valence-electron chi connectivity index (χ2n) is 8.35. The molecule has 8 N–H and O–H groups in total. The molecule has 0 fully saturated rings. The number of hydrogen-bond donors (Lipinski definition) is 8. The molecular formula is C22H32N4O14. The first-order chi connectivity index (χ1) is 18.7. The molecule has 0 aliphatic rings. The van der Waals surface area contributed by atoms with Crippen LogP contribution in [0, 0.1) is 5.92 Å². The molecule has 0 aliphatic carbocycles. The normalized spacial score (nSPS) is 13.3. The van der Waals surface area contributed by atoms with Crippen molar-refractivity contribution in [2.45, 2.75) is 69.7 Å². The smallest absolute Gasteiger partial charge is 0.326 e. The molecule has 18 nitrogen and oxygen atoms in total. The quantitative estimate of drug-likeness (QED) is 0.0543.